The highest BCUT2D eigenvalue weighted by Crippen LogP contribution is 2.41. The van der Waals surface area contributed by atoms with Gasteiger partial charge in [-0.2, -0.15) is 0 Å². The van der Waals surface area contributed by atoms with Crippen molar-refractivity contribution in [3.05, 3.63) is 59.7 Å². The quantitative estimate of drug-likeness (QED) is 0.723. The number of hydrogen-bond acceptors (Lipinski definition) is 5. The Balaban J connectivity index is 1.40. The largest absolute Gasteiger partial charge is 0.484 e. The monoisotopic (exact) mass is 422 g/mol. The van der Waals surface area contributed by atoms with E-state index in [0.29, 0.717) is 22.6 Å². The van der Waals surface area contributed by atoms with E-state index in [9.17, 15) is 19.5 Å². The van der Waals surface area contributed by atoms with E-state index >= 15 is 0 Å². The number of rotatable bonds is 6. The second kappa shape index (κ2) is 8.51. The summed E-state index contributed by atoms with van der Waals surface area (Å²) in [5.74, 6) is -0.414. The topological polar surface area (TPSA) is 87.1 Å². The molecule has 1 fully saturated rings. The lowest BCUT2D eigenvalue weighted by Crippen LogP contribution is -2.40. The van der Waals surface area contributed by atoms with Crippen LogP contribution in [0.5, 0.6) is 5.75 Å². The van der Waals surface area contributed by atoms with Crippen LogP contribution >= 0.6 is 0 Å². The summed E-state index contributed by atoms with van der Waals surface area (Å²) in [7, 11) is 1.58. The van der Waals surface area contributed by atoms with Crippen LogP contribution in [0.25, 0.3) is 0 Å². The van der Waals surface area contributed by atoms with Gasteiger partial charge in [-0.05, 0) is 49.6 Å². The number of benzene rings is 2. The number of carbonyl (C=O) groups excluding carboxylic acids is 3. The van der Waals surface area contributed by atoms with E-state index in [0.717, 1.165) is 32.4 Å². The van der Waals surface area contributed by atoms with Gasteiger partial charge in [0.2, 0.25) is 0 Å². The Bertz CT molecular complexity index is 997. The van der Waals surface area contributed by atoms with E-state index in [-0.39, 0.29) is 24.7 Å². The Hall–Kier alpha value is -3.19. The molecule has 0 radical (unpaired) electrons. The number of likely N-dealkylation sites (N-methyl/N-ethyl adjacent to an activating group) is 1. The lowest BCUT2D eigenvalue weighted by Gasteiger charge is -2.26. The van der Waals surface area contributed by atoms with Crippen molar-refractivity contribution in [3.63, 3.8) is 0 Å². The van der Waals surface area contributed by atoms with Gasteiger partial charge in [-0.1, -0.05) is 18.2 Å². The summed E-state index contributed by atoms with van der Waals surface area (Å²) in [4.78, 5) is 40.9. The van der Waals surface area contributed by atoms with E-state index < -0.39 is 11.5 Å². The number of likely N-dealkylation sites (tertiary alicyclic amines) is 1. The molecule has 2 aromatic rings. The third-order valence-electron chi connectivity index (χ3n) is 6.03. The van der Waals surface area contributed by atoms with Crippen molar-refractivity contribution in [1.29, 1.82) is 0 Å². The van der Waals surface area contributed by atoms with Crippen molar-refractivity contribution < 1.29 is 24.2 Å². The minimum Gasteiger partial charge on any atom is -0.484 e. The van der Waals surface area contributed by atoms with Crippen LogP contribution in [0.2, 0.25) is 0 Å². The summed E-state index contributed by atoms with van der Waals surface area (Å²) >= 11 is 0. The molecule has 2 heterocycles. The Morgan fingerprint density at radius 1 is 1.03 bits per heavy atom. The second-order valence-corrected chi connectivity index (χ2v) is 8.10. The SMILES string of the molecule is CN1C(=O)C(O)(CC(=O)c2ccc(OCC(=O)N3CCCCC3)cc2)c2ccccc21. The maximum atomic E-state index is 12.8. The normalized spacial score (nSPS) is 20.5. The van der Waals surface area contributed by atoms with Gasteiger partial charge < -0.3 is 19.6 Å². The molecule has 1 saturated heterocycles. The van der Waals surface area contributed by atoms with Gasteiger partial charge in [0.15, 0.2) is 18.0 Å². The van der Waals surface area contributed by atoms with E-state index in [1.54, 1.807) is 55.6 Å². The molecule has 0 aromatic heterocycles. The van der Waals surface area contributed by atoms with Gasteiger partial charge >= 0.3 is 0 Å². The standard InChI is InChI=1S/C24H26N2O5/c1-25-20-8-4-3-7-19(20)24(30,23(25)29)15-21(27)17-9-11-18(12-10-17)31-16-22(28)26-13-5-2-6-14-26/h3-4,7-12,30H,2,5-6,13-16H2,1H3. The zero-order valence-electron chi connectivity index (χ0n) is 17.5. The van der Waals surface area contributed by atoms with Gasteiger partial charge in [-0.15, -0.1) is 0 Å². The van der Waals surface area contributed by atoms with E-state index in [1.165, 1.54) is 4.90 Å². The maximum Gasteiger partial charge on any atom is 0.263 e. The number of piperidine rings is 1. The molecule has 0 saturated carbocycles. The number of ketones is 1. The van der Waals surface area contributed by atoms with E-state index in [2.05, 4.69) is 0 Å². The summed E-state index contributed by atoms with van der Waals surface area (Å²) in [6.07, 6.45) is 2.86. The summed E-state index contributed by atoms with van der Waals surface area (Å²) in [6.45, 7) is 1.51. The summed E-state index contributed by atoms with van der Waals surface area (Å²) < 4.78 is 5.57. The fourth-order valence-corrected chi connectivity index (χ4v) is 4.24. The van der Waals surface area contributed by atoms with Crippen LogP contribution in [-0.2, 0) is 15.2 Å². The summed E-state index contributed by atoms with van der Waals surface area (Å²) in [5.41, 5.74) is -0.474. The van der Waals surface area contributed by atoms with Gasteiger partial charge in [0.25, 0.3) is 11.8 Å². The van der Waals surface area contributed by atoms with E-state index in [4.69, 9.17) is 4.74 Å². The predicted octanol–water partition coefficient (Wildman–Crippen LogP) is 2.51. The molecule has 7 nitrogen and oxygen atoms in total. The highest BCUT2D eigenvalue weighted by molar-refractivity contribution is 6.10. The molecule has 0 bridgehead atoms. The van der Waals surface area contributed by atoms with Crippen LogP contribution < -0.4 is 9.64 Å². The van der Waals surface area contributed by atoms with Crippen molar-refractivity contribution in [2.24, 2.45) is 0 Å². The number of carbonyl (C=O) groups is 3. The van der Waals surface area contributed by atoms with Gasteiger partial charge in [-0.3, -0.25) is 14.4 Å². The Morgan fingerprint density at radius 2 is 1.71 bits per heavy atom. The van der Waals surface area contributed by atoms with Gasteiger partial charge in [0.05, 0.1) is 12.1 Å². The number of para-hydroxylation sites is 1. The van der Waals surface area contributed by atoms with Crippen LogP contribution in [0.15, 0.2) is 48.5 Å². The molecule has 2 aliphatic rings. The molecule has 2 aliphatic heterocycles. The molecule has 7 heteroatoms. The summed E-state index contributed by atoms with van der Waals surface area (Å²) in [6, 6.07) is 13.3. The average molecular weight is 422 g/mol. The number of Topliss-reactive ketones (excluding diaryl/α,β-unsaturated/α-hetero) is 1. The van der Waals surface area contributed by atoms with Crippen molar-refractivity contribution in [3.8, 4) is 5.75 Å². The molecular formula is C24H26N2O5. The number of hydrogen-bond donors (Lipinski definition) is 1. The smallest absolute Gasteiger partial charge is 0.263 e. The van der Waals surface area contributed by atoms with Crippen LogP contribution in [-0.4, -0.2) is 54.3 Å². The molecule has 0 spiro atoms. The van der Waals surface area contributed by atoms with Crippen LogP contribution in [0, 0.1) is 0 Å². The maximum absolute atomic E-state index is 12.8. The summed E-state index contributed by atoms with van der Waals surface area (Å²) in [5, 5.41) is 11.1. The van der Waals surface area contributed by atoms with Crippen molar-refractivity contribution in [1.82, 2.24) is 4.90 Å². The molecule has 2 aromatic carbocycles. The van der Waals surface area contributed by atoms with Gasteiger partial charge in [0.1, 0.15) is 5.75 Å². The lowest BCUT2D eigenvalue weighted by molar-refractivity contribution is -0.135. The highest BCUT2D eigenvalue weighted by atomic mass is 16.5. The first-order valence-corrected chi connectivity index (χ1v) is 10.5. The predicted molar refractivity (Wildman–Crippen MR) is 115 cm³/mol. The number of anilines is 1. The zero-order valence-corrected chi connectivity index (χ0v) is 17.5. The average Bonchev–Trinajstić information content (AvgIpc) is 2.99. The fourth-order valence-electron chi connectivity index (χ4n) is 4.24. The Labute approximate surface area is 181 Å². The number of amides is 2. The highest BCUT2D eigenvalue weighted by Gasteiger charge is 2.49. The number of aliphatic hydroxyl groups is 1. The molecule has 2 amide bonds. The number of fused-ring (bicyclic) bond motifs is 1. The number of ether oxygens (including phenoxy) is 1. The van der Waals surface area contributed by atoms with E-state index in [1.807, 2.05) is 4.90 Å². The lowest BCUT2D eigenvalue weighted by atomic mass is 9.88. The van der Waals surface area contributed by atoms with Crippen molar-refractivity contribution in [2.75, 3.05) is 31.6 Å². The third-order valence-corrected chi connectivity index (χ3v) is 6.03. The molecule has 31 heavy (non-hydrogen) atoms. The molecule has 0 aliphatic carbocycles. The van der Waals surface area contributed by atoms with Crippen LogP contribution in [0.3, 0.4) is 0 Å². The molecule has 1 unspecified atom stereocenters. The number of nitrogens with zero attached hydrogens (tertiary/aromatic N) is 2. The minimum absolute atomic E-state index is 0.0370. The van der Waals surface area contributed by atoms with Gasteiger partial charge in [0, 0.05) is 31.3 Å². The Kier molecular flexibility index (Phi) is 5.78. The first kappa shape index (κ1) is 21.1. The van der Waals surface area contributed by atoms with Crippen LogP contribution in [0.4, 0.5) is 5.69 Å². The van der Waals surface area contributed by atoms with Crippen LogP contribution in [0.1, 0.15) is 41.6 Å². The molecular weight excluding hydrogens is 396 g/mol. The third kappa shape index (κ3) is 4.05. The molecule has 1 atom stereocenters. The molecule has 4 rings (SSSR count). The first-order chi connectivity index (χ1) is 14.9. The minimum atomic E-state index is -1.88. The van der Waals surface area contributed by atoms with Crippen molar-refractivity contribution >= 4 is 23.3 Å². The molecule has 162 valence electrons. The van der Waals surface area contributed by atoms with Crippen molar-refractivity contribution in [2.45, 2.75) is 31.3 Å². The zero-order chi connectivity index (χ0) is 22.0. The first-order valence-electron chi connectivity index (χ1n) is 10.5. The molecule has 1 N–H and O–H groups in total. The Morgan fingerprint density at radius 3 is 2.42 bits per heavy atom. The second-order valence-electron chi connectivity index (χ2n) is 8.10. The fraction of sp³-hybridized carbons (Fsp3) is 0.375. The van der Waals surface area contributed by atoms with Gasteiger partial charge in [-0.25, -0.2) is 0 Å².